The van der Waals surface area contributed by atoms with E-state index in [1.165, 1.54) is 0 Å². The zero-order valence-electron chi connectivity index (χ0n) is 11.4. The summed E-state index contributed by atoms with van der Waals surface area (Å²) in [6.45, 7) is 4.15. The standard InChI is InChI=1S/C14H17N5O/c1-8(17-9(2)13-15-5-6-16-13)10-3-4-11-12(7-10)19-14(20)18-11/h3-9,17H,1-2H3,(H,15,16)(H2,18,19,20). The van der Waals surface area contributed by atoms with Crippen LogP contribution in [0.4, 0.5) is 0 Å². The molecule has 0 saturated heterocycles. The van der Waals surface area contributed by atoms with E-state index in [0.717, 1.165) is 22.4 Å². The maximum absolute atomic E-state index is 11.3. The molecular formula is C14H17N5O. The van der Waals surface area contributed by atoms with Crippen molar-refractivity contribution in [3.05, 3.63) is 52.5 Å². The second-order valence-corrected chi connectivity index (χ2v) is 4.97. The third-order valence-electron chi connectivity index (χ3n) is 3.47. The van der Waals surface area contributed by atoms with E-state index in [4.69, 9.17) is 0 Å². The Morgan fingerprint density at radius 1 is 1.15 bits per heavy atom. The molecule has 3 aromatic rings. The van der Waals surface area contributed by atoms with Gasteiger partial charge in [-0.15, -0.1) is 0 Å². The van der Waals surface area contributed by atoms with E-state index in [1.54, 1.807) is 6.20 Å². The number of fused-ring (bicyclic) bond motifs is 1. The zero-order valence-corrected chi connectivity index (χ0v) is 11.4. The maximum atomic E-state index is 11.3. The van der Waals surface area contributed by atoms with Crippen molar-refractivity contribution in [2.45, 2.75) is 25.9 Å². The van der Waals surface area contributed by atoms with Crippen molar-refractivity contribution in [1.82, 2.24) is 25.3 Å². The van der Waals surface area contributed by atoms with E-state index >= 15 is 0 Å². The molecule has 2 atom stereocenters. The molecule has 0 saturated carbocycles. The number of nitrogens with one attached hydrogen (secondary N) is 4. The van der Waals surface area contributed by atoms with Gasteiger partial charge in [-0.05, 0) is 31.5 Å². The van der Waals surface area contributed by atoms with E-state index in [1.807, 2.05) is 24.4 Å². The summed E-state index contributed by atoms with van der Waals surface area (Å²) in [5.74, 6) is 0.910. The number of nitrogens with zero attached hydrogens (tertiary/aromatic N) is 1. The third-order valence-corrected chi connectivity index (χ3v) is 3.47. The zero-order chi connectivity index (χ0) is 14.1. The molecule has 4 N–H and O–H groups in total. The summed E-state index contributed by atoms with van der Waals surface area (Å²) in [5.41, 5.74) is 2.59. The lowest BCUT2D eigenvalue weighted by Crippen LogP contribution is -2.23. The molecule has 6 heteroatoms. The van der Waals surface area contributed by atoms with Gasteiger partial charge in [-0.3, -0.25) is 0 Å². The van der Waals surface area contributed by atoms with Gasteiger partial charge in [-0.25, -0.2) is 9.78 Å². The van der Waals surface area contributed by atoms with Crippen molar-refractivity contribution in [1.29, 1.82) is 0 Å². The number of benzene rings is 1. The van der Waals surface area contributed by atoms with Crippen LogP contribution in [-0.4, -0.2) is 19.9 Å². The Labute approximate surface area is 115 Å². The Bertz CT molecular complexity index is 755. The van der Waals surface area contributed by atoms with Gasteiger partial charge in [0.1, 0.15) is 5.82 Å². The molecule has 0 amide bonds. The van der Waals surface area contributed by atoms with Crippen molar-refractivity contribution >= 4 is 11.0 Å². The van der Waals surface area contributed by atoms with E-state index in [9.17, 15) is 4.79 Å². The lowest BCUT2D eigenvalue weighted by Gasteiger charge is -2.19. The highest BCUT2D eigenvalue weighted by Crippen LogP contribution is 2.20. The van der Waals surface area contributed by atoms with Gasteiger partial charge in [-0.1, -0.05) is 6.07 Å². The minimum absolute atomic E-state index is 0.126. The molecule has 0 fully saturated rings. The van der Waals surface area contributed by atoms with Crippen LogP contribution in [0.3, 0.4) is 0 Å². The fourth-order valence-electron chi connectivity index (χ4n) is 2.38. The average Bonchev–Trinajstić information content (AvgIpc) is 3.05. The number of imidazole rings is 2. The molecule has 2 aromatic heterocycles. The first-order valence-electron chi connectivity index (χ1n) is 6.61. The van der Waals surface area contributed by atoms with Gasteiger partial charge < -0.3 is 20.3 Å². The second-order valence-electron chi connectivity index (χ2n) is 4.97. The van der Waals surface area contributed by atoms with Gasteiger partial charge in [0.25, 0.3) is 0 Å². The molecule has 2 unspecified atom stereocenters. The van der Waals surface area contributed by atoms with Crippen LogP contribution in [-0.2, 0) is 0 Å². The highest BCUT2D eigenvalue weighted by Gasteiger charge is 2.13. The maximum Gasteiger partial charge on any atom is 0.323 e. The summed E-state index contributed by atoms with van der Waals surface area (Å²) < 4.78 is 0. The van der Waals surface area contributed by atoms with Crippen molar-refractivity contribution in [3.8, 4) is 0 Å². The monoisotopic (exact) mass is 271 g/mol. The molecular weight excluding hydrogens is 254 g/mol. The van der Waals surface area contributed by atoms with Gasteiger partial charge in [0, 0.05) is 18.4 Å². The molecule has 3 rings (SSSR count). The molecule has 0 aliphatic heterocycles. The summed E-state index contributed by atoms with van der Waals surface area (Å²) in [6, 6.07) is 6.19. The molecule has 104 valence electrons. The van der Waals surface area contributed by atoms with Gasteiger partial charge in [0.15, 0.2) is 0 Å². The average molecular weight is 271 g/mol. The number of hydrogen-bond donors (Lipinski definition) is 4. The van der Waals surface area contributed by atoms with E-state index in [-0.39, 0.29) is 17.8 Å². The number of aromatic amines is 3. The summed E-state index contributed by atoms with van der Waals surface area (Å²) in [5, 5.41) is 3.47. The molecule has 1 aromatic carbocycles. The van der Waals surface area contributed by atoms with Gasteiger partial charge in [-0.2, -0.15) is 0 Å². The predicted octanol–water partition coefficient (Wildman–Crippen LogP) is 1.99. The van der Waals surface area contributed by atoms with Gasteiger partial charge in [0.2, 0.25) is 0 Å². The number of H-pyrrole nitrogens is 3. The van der Waals surface area contributed by atoms with Crippen molar-refractivity contribution in [3.63, 3.8) is 0 Å². The highest BCUT2D eigenvalue weighted by molar-refractivity contribution is 5.75. The topological polar surface area (TPSA) is 89.4 Å². The molecule has 20 heavy (non-hydrogen) atoms. The lowest BCUT2D eigenvalue weighted by atomic mass is 10.1. The third kappa shape index (κ3) is 2.37. The first-order chi connectivity index (χ1) is 9.63. The minimum atomic E-state index is -0.179. The Balaban J connectivity index is 1.81. The molecule has 0 aliphatic rings. The van der Waals surface area contributed by atoms with Crippen LogP contribution in [0, 0.1) is 0 Å². The summed E-state index contributed by atoms with van der Waals surface area (Å²) >= 11 is 0. The Hall–Kier alpha value is -2.34. The lowest BCUT2D eigenvalue weighted by molar-refractivity contribution is 0.479. The van der Waals surface area contributed by atoms with Gasteiger partial charge >= 0.3 is 5.69 Å². The van der Waals surface area contributed by atoms with Gasteiger partial charge in [0.05, 0.1) is 17.1 Å². The summed E-state index contributed by atoms with van der Waals surface area (Å²) in [6.07, 6.45) is 3.56. The van der Waals surface area contributed by atoms with Crippen LogP contribution < -0.4 is 11.0 Å². The van der Waals surface area contributed by atoms with Crippen LogP contribution in [0.1, 0.15) is 37.3 Å². The van der Waals surface area contributed by atoms with Crippen molar-refractivity contribution in [2.75, 3.05) is 0 Å². The van der Waals surface area contributed by atoms with Crippen LogP contribution in [0.5, 0.6) is 0 Å². The molecule has 6 nitrogen and oxygen atoms in total. The number of rotatable bonds is 4. The molecule has 2 heterocycles. The van der Waals surface area contributed by atoms with Crippen molar-refractivity contribution in [2.24, 2.45) is 0 Å². The van der Waals surface area contributed by atoms with Crippen LogP contribution in [0.25, 0.3) is 11.0 Å². The largest absolute Gasteiger partial charge is 0.347 e. The molecule has 0 bridgehead atoms. The highest BCUT2D eigenvalue weighted by atomic mass is 16.1. The normalized spacial score (nSPS) is 14.5. The predicted molar refractivity (Wildman–Crippen MR) is 77.5 cm³/mol. The first-order valence-corrected chi connectivity index (χ1v) is 6.61. The van der Waals surface area contributed by atoms with Crippen molar-refractivity contribution < 1.29 is 0 Å². The fourth-order valence-corrected chi connectivity index (χ4v) is 2.38. The summed E-state index contributed by atoms with van der Waals surface area (Å²) in [4.78, 5) is 24.1. The molecule has 0 spiro atoms. The SMILES string of the molecule is CC(NC(C)c1ncc[nH]1)c1ccc2[nH]c(=O)[nH]c2c1. The number of hydrogen-bond acceptors (Lipinski definition) is 3. The minimum Gasteiger partial charge on any atom is -0.347 e. The van der Waals surface area contributed by atoms with E-state index in [2.05, 4.69) is 39.1 Å². The Morgan fingerprint density at radius 3 is 2.70 bits per heavy atom. The molecule has 0 radical (unpaired) electrons. The Kier molecular flexibility index (Phi) is 3.15. The van der Waals surface area contributed by atoms with E-state index in [0.29, 0.717) is 0 Å². The number of aromatic nitrogens is 4. The first kappa shape index (κ1) is 12.7. The Morgan fingerprint density at radius 2 is 1.95 bits per heavy atom. The summed E-state index contributed by atoms with van der Waals surface area (Å²) in [7, 11) is 0. The van der Waals surface area contributed by atoms with Crippen LogP contribution >= 0.6 is 0 Å². The van der Waals surface area contributed by atoms with E-state index < -0.39 is 0 Å². The quantitative estimate of drug-likeness (QED) is 0.585. The fraction of sp³-hybridized carbons (Fsp3) is 0.286. The molecule has 0 aliphatic carbocycles. The van der Waals surface area contributed by atoms with Crippen LogP contribution in [0.2, 0.25) is 0 Å². The second kappa shape index (κ2) is 4.97. The smallest absolute Gasteiger partial charge is 0.323 e. The van der Waals surface area contributed by atoms with Crippen LogP contribution in [0.15, 0.2) is 35.4 Å².